The third-order valence-electron chi connectivity index (χ3n) is 1.55. The van der Waals surface area contributed by atoms with Crippen LogP contribution in [0.2, 0.25) is 0 Å². The summed E-state index contributed by atoms with van der Waals surface area (Å²) in [4.78, 5) is 0. The van der Waals surface area contributed by atoms with Crippen molar-refractivity contribution in [3.8, 4) is 0 Å². The largest absolute Gasteiger partial charge is 0.394 e. The van der Waals surface area contributed by atoms with E-state index in [-0.39, 0.29) is 0 Å². The first-order valence-electron chi connectivity index (χ1n) is 3.55. The average Bonchev–Trinajstić information content (AvgIpc) is 2.12. The predicted octanol–water partition coefficient (Wildman–Crippen LogP) is -3.40. The number of nitrogens with one attached hydrogen (secondary N) is 1. The van der Waals surface area contributed by atoms with Gasteiger partial charge in [-0.25, -0.2) is 0 Å². The Morgan fingerprint density at radius 2 is 1.58 bits per heavy atom. The van der Waals surface area contributed by atoms with Gasteiger partial charge in [0.15, 0.2) is 0 Å². The number of rotatable bonds is 5. The van der Waals surface area contributed by atoms with Crippen molar-refractivity contribution < 1.29 is 25.5 Å². The highest BCUT2D eigenvalue weighted by Gasteiger charge is 2.28. The van der Waals surface area contributed by atoms with E-state index in [2.05, 4.69) is 5.32 Å². The van der Waals surface area contributed by atoms with Crippen LogP contribution in [-0.2, 0) is 0 Å². The molecule has 6 nitrogen and oxygen atoms in total. The fraction of sp³-hybridized carbons (Fsp3) is 1.00. The monoisotopic (exact) mass is 181 g/mol. The summed E-state index contributed by atoms with van der Waals surface area (Å²) in [6, 6.07) is 0. The first-order valence-corrected chi connectivity index (χ1v) is 3.55. The molecule has 6 N–H and O–H groups in total. The van der Waals surface area contributed by atoms with E-state index in [1.54, 1.807) is 0 Å². The molecule has 12 heavy (non-hydrogen) atoms. The van der Waals surface area contributed by atoms with Crippen LogP contribution in [0.3, 0.4) is 0 Å². The third kappa shape index (κ3) is 3.02. The third-order valence-corrected chi connectivity index (χ3v) is 1.55. The van der Waals surface area contributed by atoms with Gasteiger partial charge in [0.2, 0.25) is 0 Å². The van der Waals surface area contributed by atoms with Crippen molar-refractivity contribution in [3.63, 3.8) is 0 Å². The molecule has 0 spiro atoms. The van der Waals surface area contributed by atoms with E-state index in [1.165, 1.54) is 7.05 Å². The molecule has 6 heteroatoms. The van der Waals surface area contributed by atoms with Gasteiger partial charge >= 0.3 is 0 Å². The number of hydrogen-bond donors (Lipinski definition) is 6. The van der Waals surface area contributed by atoms with E-state index in [1.807, 2.05) is 0 Å². The smallest absolute Gasteiger partial charge is 0.133 e. The van der Waals surface area contributed by atoms with Crippen molar-refractivity contribution in [1.29, 1.82) is 0 Å². The Hall–Kier alpha value is -0.240. The molecule has 0 unspecified atom stereocenters. The van der Waals surface area contributed by atoms with Crippen molar-refractivity contribution in [1.82, 2.24) is 5.32 Å². The molecule has 0 aromatic heterocycles. The summed E-state index contributed by atoms with van der Waals surface area (Å²) in [5.41, 5.74) is 0. The molecule has 0 fully saturated rings. The van der Waals surface area contributed by atoms with Gasteiger partial charge in [0.1, 0.15) is 24.5 Å². The lowest BCUT2D eigenvalue weighted by atomic mass is 10.1. The summed E-state index contributed by atoms with van der Waals surface area (Å²) in [6.07, 6.45) is -5.89. The van der Waals surface area contributed by atoms with Gasteiger partial charge in [0.25, 0.3) is 0 Å². The molecule has 0 aromatic carbocycles. The second kappa shape index (κ2) is 5.41. The number of aliphatic hydroxyl groups excluding tert-OH is 5. The zero-order chi connectivity index (χ0) is 9.72. The second-order valence-electron chi connectivity index (χ2n) is 2.46. The molecule has 4 atom stereocenters. The lowest BCUT2D eigenvalue weighted by Crippen LogP contribution is -2.50. The van der Waals surface area contributed by atoms with E-state index in [0.717, 1.165) is 0 Å². The normalized spacial score (nSPS) is 21.5. The fourth-order valence-electron chi connectivity index (χ4n) is 0.693. The molecule has 0 aliphatic rings. The zero-order valence-corrected chi connectivity index (χ0v) is 6.75. The molecule has 0 aromatic rings. The van der Waals surface area contributed by atoms with Gasteiger partial charge in [-0.1, -0.05) is 0 Å². The van der Waals surface area contributed by atoms with E-state index in [9.17, 15) is 0 Å². The highest BCUT2D eigenvalue weighted by Crippen LogP contribution is 2.02. The van der Waals surface area contributed by atoms with Crippen LogP contribution in [0.1, 0.15) is 0 Å². The molecule has 0 saturated heterocycles. The topological polar surface area (TPSA) is 113 Å². The van der Waals surface area contributed by atoms with Crippen LogP contribution < -0.4 is 5.32 Å². The second-order valence-corrected chi connectivity index (χ2v) is 2.46. The number of aliphatic hydroxyl groups is 5. The van der Waals surface area contributed by atoms with E-state index < -0.39 is 31.1 Å². The van der Waals surface area contributed by atoms with E-state index in [0.29, 0.717) is 0 Å². The van der Waals surface area contributed by atoms with Gasteiger partial charge in [-0.05, 0) is 7.05 Å². The van der Waals surface area contributed by atoms with Crippen LogP contribution in [0.25, 0.3) is 0 Å². The van der Waals surface area contributed by atoms with Gasteiger partial charge in [0, 0.05) is 0 Å². The van der Waals surface area contributed by atoms with Crippen LogP contribution >= 0.6 is 0 Å². The molecule has 0 saturated carbocycles. The van der Waals surface area contributed by atoms with Crippen molar-refractivity contribution in [2.24, 2.45) is 0 Å². The maximum absolute atomic E-state index is 9.05. The summed E-state index contributed by atoms with van der Waals surface area (Å²) in [7, 11) is 1.38. The minimum absolute atomic E-state index is 0.672. The predicted molar refractivity (Wildman–Crippen MR) is 40.2 cm³/mol. The molecule has 0 bridgehead atoms. The SMILES string of the molecule is CN[C@H](O)[C@@H](O)[C@@H](O)[C@H](O)CO. The van der Waals surface area contributed by atoms with Gasteiger partial charge in [0.05, 0.1) is 6.61 Å². The van der Waals surface area contributed by atoms with Gasteiger partial charge in [-0.2, -0.15) is 0 Å². The van der Waals surface area contributed by atoms with Crippen LogP contribution in [0.15, 0.2) is 0 Å². The van der Waals surface area contributed by atoms with Crippen molar-refractivity contribution in [2.45, 2.75) is 24.5 Å². The Labute approximate surface area is 70.1 Å². The molecular formula is C6H15NO5. The maximum Gasteiger partial charge on any atom is 0.133 e. The molecule has 0 amide bonds. The van der Waals surface area contributed by atoms with E-state index >= 15 is 0 Å². The first-order chi connectivity index (χ1) is 5.54. The summed E-state index contributed by atoms with van der Waals surface area (Å²) < 4.78 is 0. The standard InChI is InChI=1S/C6H15NO5/c1-7-6(12)5(11)4(10)3(9)2-8/h3-12H,2H2,1H3/t3-,4+,5+,6-/m1/s1. The molecule has 0 radical (unpaired) electrons. The molecule has 74 valence electrons. The van der Waals surface area contributed by atoms with Crippen LogP contribution in [-0.4, -0.2) is 63.7 Å². The summed E-state index contributed by atoms with van der Waals surface area (Å²) in [5, 5.41) is 46.5. The lowest BCUT2D eigenvalue weighted by Gasteiger charge is -2.24. The molecule has 0 heterocycles. The zero-order valence-electron chi connectivity index (χ0n) is 6.75. The minimum Gasteiger partial charge on any atom is -0.394 e. The Bertz CT molecular complexity index is 109. The highest BCUT2D eigenvalue weighted by molar-refractivity contribution is 4.78. The van der Waals surface area contributed by atoms with Crippen molar-refractivity contribution >= 4 is 0 Å². The molecule has 0 aliphatic carbocycles. The summed E-state index contributed by atoms with van der Waals surface area (Å²) >= 11 is 0. The minimum atomic E-state index is -1.57. The molecule has 0 aliphatic heterocycles. The van der Waals surface area contributed by atoms with Gasteiger partial charge in [-0.15, -0.1) is 0 Å². The Balaban J connectivity index is 3.99. The Kier molecular flexibility index (Phi) is 5.31. The van der Waals surface area contributed by atoms with Gasteiger partial charge in [-0.3, -0.25) is 5.32 Å². The molecular weight excluding hydrogens is 166 g/mol. The first kappa shape index (κ1) is 11.8. The highest BCUT2D eigenvalue weighted by atomic mass is 16.4. The number of likely N-dealkylation sites (N-methyl/N-ethyl adjacent to an activating group) is 1. The lowest BCUT2D eigenvalue weighted by molar-refractivity contribution is -0.120. The Morgan fingerprint density at radius 1 is 1.08 bits per heavy atom. The summed E-state index contributed by atoms with van der Waals surface area (Å²) in [5.74, 6) is 0. The average molecular weight is 181 g/mol. The quantitative estimate of drug-likeness (QED) is 0.246. The van der Waals surface area contributed by atoms with Crippen LogP contribution in [0, 0.1) is 0 Å². The maximum atomic E-state index is 9.05. The summed E-state index contributed by atoms with van der Waals surface area (Å²) in [6.45, 7) is -0.672. The van der Waals surface area contributed by atoms with Crippen molar-refractivity contribution in [3.05, 3.63) is 0 Å². The number of hydrogen-bond acceptors (Lipinski definition) is 6. The van der Waals surface area contributed by atoms with Crippen LogP contribution in [0.5, 0.6) is 0 Å². The Morgan fingerprint density at radius 3 is 1.92 bits per heavy atom. The fourth-order valence-corrected chi connectivity index (χ4v) is 0.693. The van der Waals surface area contributed by atoms with Gasteiger partial charge < -0.3 is 25.5 Å². The molecule has 0 rings (SSSR count). The van der Waals surface area contributed by atoms with Crippen LogP contribution in [0.4, 0.5) is 0 Å². The van der Waals surface area contributed by atoms with Crippen molar-refractivity contribution in [2.75, 3.05) is 13.7 Å². The van der Waals surface area contributed by atoms with E-state index in [4.69, 9.17) is 25.5 Å².